The van der Waals surface area contributed by atoms with E-state index in [9.17, 15) is 8.42 Å². The van der Waals surface area contributed by atoms with Gasteiger partial charge in [-0.2, -0.15) is 0 Å². The highest BCUT2D eigenvalue weighted by Gasteiger charge is 2.17. The quantitative estimate of drug-likeness (QED) is 0.844. The third kappa shape index (κ3) is 3.74. The predicted molar refractivity (Wildman–Crippen MR) is 85.2 cm³/mol. The van der Waals surface area contributed by atoms with Gasteiger partial charge >= 0.3 is 0 Å². The molecule has 6 heteroatoms. The minimum Gasteiger partial charge on any atom is -0.279 e. The van der Waals surface area contributed by atoms with Gasteiger partial charge in [0, 0.05) is 6.20 Å². The Morgan fingerprint density at radius 2 is 1.95 bits per heavy atom. The Balaban J connectivity index is 2.35. The Hall–Kier alpha value is -1.59. The highest BCUT2D eigenvalue weighted by molar-refractivity contribution is 7.92. The first-order valence-corrected chi connectivity index (χ1v) is 8.53. The molecular formula is C15H17ClN2O2S. The lowest BCUT2D eigenvalue weighted by atomic mass is 9.97. The van der Waals surface area contributed by atoms with Crippen molar-refractivity contribution >= 4 is 27.3 Å². The van der Waals surface area contributed by atoms with Gasteiger partial charge in [0.1, 0.15) is 10.0 Å². The normalized spacial score (nSPS) is 12.9. The summed E-state index contributed by atoms with van der Waals surface area (Å²) >= 11 is 5.68. The highest BCUT2D eigenvalue weighted by Crippen LogP contribution is 2.28. The van der Waals surface area contributed by atoms with E-state index in [4.69, 9.17) is 11.6 Å². The zero-order chi connectivity index (χ0) is 15.5. The first-order chi connectivity index (χ1) is 9.94. The molecule has 0 saturated heterocycles. The summed E-state index contributed by atoms with van der Waals surface area (Å²) in [5.74, 6) is 0.271. The Morgan fingerprint density at radius 3 is 2.57 bits per heavy atom. The second-order valence-corrected chi connectivity index (χ2v) is 6.89. The standard InChI is InChI=1S/C15H17ClN2O2S/c1-3-11(2)13-6-4-5-7-14(13)18-21(19,20)12-8-9-15(16)17-10-12/h4-11,18H,3H2,1-2H3. The lowest BCUT2D eigenvalue weighted by Gasteiger charge is -2.16. The number of nitrogens with zero attached hydrogens (tertiary/aromatic N) is 1. The van der Waals surface area contributed by atoms with Crippen LogP contribution in [0.4, 0.5) is 5.69 Å². The van der Waals surface area contributed by atoms with E-state index in [-0.39, 0.29) is 16.0 Å². The van der Waals surface area contributed by atoms with E-state index < -0.39 is 10.0 Å². The van der Waals surface area contributed by atoms with Crippen LogP contribution in [-0.4, -0.2) is 13.4 Å². The summed E-state index contributed by atoms with van der Waals surface area (Å²) < 4.78 is 27.4. The topological polar surface area (TPSA) is 59.1 Å². The number of aromatic nitrogens is 1. The second kappa shape index (κ2) is 6.45. The van der Waals surface area contributed by atoms with Crippen molar-refractivity contribution in [1.29, 1.82) is 0 Å². The molecule has 0 amide bonds. The summed E-state index contributed by atoms with van der Waals surface area (Å²) in [6.45, 7) is 4.13. The molecule has 1 N–H and O–H groups in total. The van der Waals surface area contributed by atoms with Crippen molar-refractivity contribution in [2.75, 3.05) is 4.72 Å². The number of sulfonamides is 1. The number of para-hydroxylation sites is 1. The zero-order valence-corrected chi connectivity index (χ0v) is 13.4. The van der Waals surface area contributed by atoms with Gasteiger partial charge in [-0.05, 0) is 36.1 Å². The maximum atomic E-state index is 12.4. The largest absolute Gasteiger partial charge is 0.279 e. The van der Waals surface area contributed by atoms with Crippen LogP contribution in [0.25, 0.3) is 0 Å². The van der Waals surface area contributed by atoms with Gasteiger partial charge in [-0.25, -0.2) is 13.4 Å². The molecule has 0 saturated carbocycles. The molecule has 1 atom stereocenters. The van der Waals surface area contributed by atoms with E-state index >= 15 is 0 Å². The van der Waals surface area contributed by atoms with E-state index in [1.807, 2.05) is 18.2 Å². The third-order valence-corrected chi connectivity index (χ3v) is 4.93. The SMILES string of the molecule is CCC(C)c1ccccc1NS(=O)(=O)c1ccc(Cl)nc1. The maximum Gasteiger partial charge on any atom is 0.263 e. The number of hydrogen-bond acceptors (Lipinski definition) is 3. The molecule has 0 spiro atoms. The average molecular weight is 325 g/mol. The van der Waals surface area contributed by atoms with Crippen LogP contribution in [0.15, 0.2) is 47.5 Å². The van der Waals surface area contributed by atoms with Crippen molar-refractivity contribution in [2.24, 2.45) is 0 Å². The van der Waals surface area contributed by atoms with Gasteiger partial charge in [-0.15, -0.1) is 0 Å². The molecule has 1 unspecified atom stereocenters. The summed E-state index contributed by atoms with van der Waals surface area (Å²) in [6, 6.07) is 10.3. The lowest BCUT2D eigenvalue weighted by molar-refractivity contribution is 0.600. The van der Waals surface area contributed by atoms with E-state index in [1.54, 1.807) is 6.07 Å². The van der Waals surface area contributed by atoms with Crippen molar-refractivity contribution in [1.82, 2.24) is 4.98 Å². The van der Waals surface area contributed by atoms with Crippen molar-refractivity contribution in [3.63, 3.8) is 0 Å². The summed E-state index contributed by atoms with van der Waals surface area (Å²) in [6.07, 6.45) is 2.18. The highest BCUT2D eigenvalue weighted by atomic mass is 35.5. The molecule has 0 aliphatic carbocycles. The predicted octanol–water partition coefficient (Wildman–Crippen LogP) is 4.05. The lowest BCUT2D eigenvalue weighted by Crippen LogP contribution is -2.15. The summed E-state index contributed by atoms with van der Waals surface area (Å²) in [4.78, 5) is 3.90. The van der Waals surface area contributed by atoms with Gasteiger partial charge in [0.25, 0.3) is 10.0 Å². The fourth-order valence-corrected chi connectivity index (χ4v) is 3.11. The number of pyridine rings is 1. The van der Waals surface area contributed by atoms with Gasteiger partial charge in [0.05, 0.1) is 5.69 Å². The van der Waals surface area contributed by atoms with Crippen LogP contribution in [0.5, 0.6) is 0 Å². The van der Waals surface area contributed by atoms with E-state index in [2.05, 4.69) is 23.6 Å². The van der Waals surface area contributed by atoms with Gasteiger partial charge in [-0.3, -0.25) is 4.72 Å². The van der Waals surface area contributed by atoms with Crippen LogP contribution in [0.1, 0.15) is 31.7 Å². The minimum absolute atomic E-state index is 0.0888. The molecule has 2 aromatic rings. The first kappa shape index (κ1) is 15.8. The maximum absolute atomic E-state index is 12.4. The first-order valence-electron chi connectivity index (χ1n) is 6.67. The van der Waals surface area contributed by atoms with Crippen molar-refractivity contribution < 1.29 is 8.42 Å². The fraction of sp³-hybridized carbons (Fsp3) is 0.267. The fourth-order valence-electron chi connectivity index (χ4n) is 1.96. The summed E-state index contributed by atoms with van der Waals surface area (Å²) in [7, 11) is -3.67. The van der Waals surface area contributed by atoms with Crippen LogP contribution in [0.3, 0.4) is 0 Å². The molecule has 0 bridgehead atoms. The van der Waals surface area contributed by atoms with Gasteiger partial charge < -0.3 is 0 Å². The van der Waals surface area contributed by atoms with E-state index in [0.29, 0.717) is 5.69 Å². The molecule has 1 heterocycles. The molecule has 0 radical (unpaired) electrons. The Morgan fingerprint density at radius 1 is 1.24 bits per heavy atom. The number of nitrogens with one attached hydrogen (secondary N) is 1. The second-order valence-electron chi connectivity index (χ2n) is 4.82. The van der Waals surface area contributed by atoms with Crippen LogP contribution >= 0.6 is 11.6 Å². The van der Waals surface area contributed by atoms with Crippen LogP contribution < -0.4 is 4.72 Å². The molecule has 1 aromatic carbocycles. The number of hydrogen-bond donors (Lipinski definition) is 1. The van der Waals surface area contributed by atoms with E-state index in [1.165, 1.54) is 18.3 Å². The Labute approximate surface area is 130 Å². The van der Waals surface area contributed by atoms with Gasteiger partial charge in [0.2, 0.25) is 0 Å². The van der Waals surface area contributed by atoms with Crippen molar-refractivity contribution in [3.8, 4) is 0 Å². The Kier molecular flexibility index (Phi) is 4.85. The Bertz CT molecular complexity index is 715. The van der Waals surface area contributed by atoms with Crippen molar-refractivity contribution in [3.05, 3.63) is 53.3 Å². The van der Waals surface area contributed by atoms with Crippen LogP contribution in [0.2, 0.25) is 5.15 Å². The molecule has 0 aliphatic rings. The summed E-state index contributed by atoms with van der Waals surface area (Å²) in [5, 5.41) is 0.258. The molecule has 0 aliphatic heterocycles. The van der Waals surface area contributed by atoms with Gasteiger partial charge in [-0.1, -0.05) is 43.6 Å². The monoisotopic (exact) mass is 324 g/mol. The van der Waals surface area contributed by atoms with Crippen LogP contribution in [-0.2, 0) is 10.0 Å². The van der Waals surface area contributed by atoms with Gasteiger partial charge in [0.15, 0.2) is 0 Å². The molecule has 4 nitrogen and oxygen atoms in total. The number of halogens is 1. The molecule has 112 valence electrons. The zero-order valence-electron chi connectivity index (χ0n) is 11.9. The van der Waals surface area contributed by atoms with E-state index in [0.717, 1.165) is 12.0 Å². The molecule has 21 heavy (non-hydrogen) atoms. The molecule has 2 rings (SSSR count). The molecular weight excluding hydrogens is 308 g/mol. The number of rotatable bonds is 5. The minimum atomic E-state index is -3.67. The van der Waals surface area contributed by atoms with Crippen molar-refractivity contribution in [2.45, 2.75) is 31.1 Å². The molecule has 1 aromatic heterocycles. The third-order valence-electron chi connectivity index (χ3n) is 3.36. The number of anilines is 1. The van der Waals surface area contributed by atoms with Crippen LogP contribution in [0, 0.1) is 0 Å². The smallest absolute Gasteiger partial charge is 0.263 e. The molecule has 0 fully saturated rings. The summed E-state index contributed by atoms with van der Waals surface area (Å²) in [5.41, 5.74) is 1.58. The average Bonchev–Trinajstić information content (AvgIpc) is 2.47. The number of benzene rings is 1.